The zero-order valence-electron chi connectivity index (χ0n) is 19.5. The van der Waals surface area contributed by atoms with Gasteiger partial charge in [-0.05, 0) is 68.8 Å². The van der Waals surface area contributed by atoms with Gasteiger partial charge in [-0.1, -0.05) is 0 Å². The summed E-state index contributed by atoms with van der Waals surface area (Å²) in [6.07, 6.45) is 5.01. The van der Waals surface area contributed by atoms with E-state index in [1.54, 1.807) is 0 Å². The van der Waals surface area contributed by atoms with E-state index in [0.29, 0.717) is 18.0 Å². The van der Waals surface area contributed by atoms with Crippen molar-refractivity contribution < 1.29 is 0 Å². The van der Waals surface area contributed by atoms with Gasteiger partial charge in [0.05, 0.1) is 5.69 Å². The van der Waals surface area contributed by atoms with Gasteiger partial charge in [-0.2, -0.15) is 0 Å². The number of aryl methyl sites for hydroxylation is 2. The molecule has 2 bridgehead atoms. The average molecular weight is 430 g/mol. The monoisotopic (exact) mass is 429 g/mol. The summed E-state index contributed by atoms with van der Waals surface area (Å²) >= 11 is 0. The molecule has 2 aliphatic rings. The van der Waals surface area contributed by atoms with E-state index in [-0.39, 0.29) is 0 Å². The summed E-state index contributed by atoms with van der Waals surface area (Å²) in [4.78, 5) is 20.9. The molecule has 0 saturated carbocycles. The van der Waals surface area contributed by atoms with E-state index in [0.717, 1.165) is 41.4 Å². The molecule has 1 N–H and O–H groups in total. The Kier molecular flexibility index (Phi) is 5.21. The number of aromatic nitrogens is 3. The second-order valence-corrected chi connectivity index (χ2v) is 9.29. The van der Waals surface area contributed by atoms with Crippen LogP contribution in [0.25, 0.3) is 11.3 Å². The molecule has 0 radical (unpaired) electrons. The summed E-state index contributed by atoms with van der Waals surface area (Å²) in [6.45, 7) is 6.50. The third-order valence-corrected chi connectivity index (χ3v) is 6.73. The zero-order valence-corrected chi connectivity index (χ0v) is 19.5. The number of hydrogen-bond acceptors (Lipinski definition) is 7. The van der Waals surface area contributed by atoms with Crippen LogP contribution in [0.1, 0.15) is 17.5 Å². The van der Waals surface area contributed by atoms with Crippen LogP contribution in [-0.4, -0.2) is 66.2 Å². The second kappa shape index (κ2) is 8.06. The van der Waals surface area contributed by atoms with Crippen LogP contribution in [-0.2, 0) is 0 Å². The Morgan fingerprint density at radius 3 is 2.44 bits per heavy atom. The molecule has 7 heteroatoms. The van der Waals surface area contributed by atoms with Crippen molar-refractivity contribution >= 4 is 23.1 Å². The zero-order chi connectivity index (χ0) is 22.4. The van der Waals surface area contributed by atoms with E-state index >= 15 is 0 Å². The minimum atomic E-state index is 0.594. The number of benzene rings is 1. The van der Waals surface area contributed by atoms with Gasteiger partial charge in [-0.25, -0.2) is 15.0 Å². The van der Waals surface area contributed by atoms with Crippen molar-refractivity contribution in [1.82, 2.24) is 19.9 Å². The van der Waals surface area contributed by atoms with Crippen molar-refractivity contribution in [3.05, 3.63) is 53.9 Å². The van der Waals surface area contributed by atoms with Crippen LogP contribution < -0.4 is 15.1 Å². The average Bonchev–Trinajstić information content (AvgIpc) is 3.35. The molecule has 2 atom stereocenters. The van der Waals surface area contributed by atoms with Gasteiger partial charge in [0.1, 0.15) is 5.82 Å². The molecule has 7 nitrogen and oxygen atoms in total. The van der Waals surface area contributed by atoms with E-state index in [9.17, 15) is 0 Å². The molecule has 0 amide bonds. The summed E-state index contributed by atoms with van der Waals surface area (Å²) in [5.74, 6) is 1.52. The topological polar surface area (TPSA) is 60.4 Å². The highest BCUT2D eigenvalue weighted by Gasteiger charge is 2.41. The molecular weight excluding hydrogens is 398 g/mol. The van der Waals surface area contributed by atoms with Crippen LogP contribution in [0.2, 0.25) is 0 Å². The summed E-state index contributed by atoms with van der Waals surface area (Å²) < 4.78 is 0. The second-order valence-electron chi connectivity index (χ2n) is 9.29. The van der Waals surface area contributed by atoms with Crippen LogP contribution in [0.15, 0.2) is 42.7 Å². The highest BCUT2D eigenvalue weighted by molar-refractivity contribution is 5.67. The molecule has 2 fully saturated rings. The van der Waals surface area contributed by atoms with E-state index in [1.807, 2.05) is 44.4 Å². The molecule has 2 saturated heterocycles. The van der Waals surface area contributed by atoms with E-state index in [2.05, 4.69) is 63.3 Å². The largest absolute Gasteiger partial charge is 0.365 e. The number of nitrogens with zero attached hydrogens (tertiary/aromatic N) is 6. The predicted molar refractivity (Wildman–Crippen MR) is 131 cm³/mol. The number of anilines is 4. The van der Waals surface area contributed by atoms with Gasteiger partial charge in [0.25, 0.3) is 0 Å². The maximum atomic E-state index is 4.79. The number of likely N-dealkylation sites (N-methyl/N-ethyl adjacent to an activating group) is 1. The smallest absolute Gasteiger partial charge is 0.227 e. The number of pyridine rings is 1. The minimum absolute atomic E-state index is 0.594. The maximum Gasteiger partial charge on any atom is 0.227 e. The molecule has 166 valence electrons. The lowest BCUT2D eigenvalue weighted by Gasteiger charge is -2.34. The van der Waals surface area contributed by atoms with Crippen molar-refractivity contribution in [3.63, 3.8) is 0 Å². The lowest BCUT2D eigenvalue weighted by atomic mass is 10.1. The fraction of sp³-hybridized carbons (Fsp3) is 0.400. The highest BCUT2D eigenvalue weighted by Crippen LogP contribution is 2.36. The van der Waals surface area contributed by atoms with E-state index in [4.69, 9.17) is 4.98 Å². The van der Waals surface area contributed by atoms with Crippen LogP contribution in [0.3, 0.4) is 0 Å². The Bertz CT molecular complexity index is 1120. The summed E-state index contributed by atoms with van der Waals surface area (Å²) in [5, 5.41) is 3.39. The van der Waals surface area contributed by atoms with Crippen LogP contribution in [0, 0.1) is 13.8 Å². The molecule has 2 aromatic heterocycles. The molecule has 0 unspecified atom stereocenters. The van der Waals surface area contributed by atoms with Crippen LogP contribution in [0.4, 0.5) is 23.1 Å². The third kappa shape index (κ3) is 3.77. The van der Waals surface area contributed by atoms with Gasteiger partial charge in [-0.15, -0.1) is 0 Å². The lowest BCUT2D eigenvalue weighted by molar-refractivity contribution is 0.292. The summed E-state index contributed by atoms with van der Waals surface area (Å²) in [5.41, 5.74) is 6.53. The molecule has 5 rings (SSSR count). The lowest BCUT2D eigenvalue weighted by Crippen LogP contribution is -2.44. The fourth-order valence-corrected chi connectivity index (χ4v) is 4.93. The number of piperazine rings is 1. The summed E-state index contributed by atoms with van der Waals surface area (Å²) in [6, 6.07) is 12.0. The molecule has 32 heavy (non-hydrogen) atoms. The first-order valence-corrected chi connectivity index (χ1v) is 11.2. The number of rotatable bonds is 5. The van der Waals surface area contributed by atoms with Crippen molar-refractivity contribution in [1.29, 1.82) is 0 Å². The highest BCUT2D eigenvalue weighted by atomic mass is 15.3. The first kappa shape index (κ1) is 20.7. The molecular formula is C25H31N7. The number of hydrogen-bond donors (Lipinski definition) is 1. The number of nitrogens with one attached hydrogen (secondary N) is 1. The van der Waals surface area contributed by atoms with Crippen LogP contribution in [0.5, 0.6) is 0 Å². The predicted octanol–water partition coefficient (Wildman–Crippen LogP) is 3.86. The van der Waals surface area contributed by atoms with E-state index in [1.165, 1.54) is 17.7 Å². The Balaban J connectivity index is 1.35. The van der Waals surface area contributed by atoms with Gasteiger partial charge in [0, 0.05) is 68.6 Å². The fourth-order valence-electron chi connectivity index (χ4n) is 4.93. The number of fused-ring (bicyclic) bond motifs is 2. The Morgan fingerprint density at radius 1 is 0.969 bits per heavy atom. The maximum absolute atomic E-state index is 4.79. The minimum Gasteiger partial charge on any atom is -0.365 e. The molecule has 1 aromatic carbocycles. The Morgan fingerprint density at radius 2 is 1.81 bits per heavy atom. The van der Waals surface area contributed by atoms with Gasteiger partial charge < -0.3 is 15.1 Å². The first-order chi connectivity index (χ1) is 15.4. The van der Waals surface area contributed by atoms with Crippen LogP contribution >= 0.6 is 0 Å². The van der Waals surface area contributed by atoms with Crippen molar-refractivity contribution in [3.8, 4) is 11.3 Å². The Labute approximate surface area is 190 Å². The van der Waals surface area contributed by atoms with E-state index < -0.39 is 0 Å². The molecule has 0 spiro atoms. The molecule has 3 aromatic rings. The summed E-state index contributed by atoms with van der Waals surface area (Å²) in [7, 11) is 6.21. The molecule has 2 aliphatic heterocycles. The normalized spacial score (nSPS) is 20.1. The SMILES string of the molecule is Cc1cc(Nc2ncc(C)c(-c3ccc(N(C)C)nc3)n2)ccc1N1C[C@@H]2C[C@H]1CN2C. The van der Waals surface area contributed by atoms with Gasteiger partial charge >= 0.3 is 0 Å². The van der Waals surface area contributed by atoms with Crippen molar-refractivity contribution in [2.45, 2.75) is 32.4 Å². The van der Waals surface area contributed by atoms with Gasteiger partial charge in [-0.3, -0.25) is 4.90 Å². The molecule has 0 aliphatic carbocycles. The number of likely N-dealkylation sites (tertiary alicyclic amines) is 1. The quantitative estimate of drug-likeness (QED) is 0.661. The first-order valence-electron chi connectivity index (χ1n) is 11.2. The third-order valence-electron chi connectivity index (χ3n) is 6.73. The molecule has 4 heterocycles. The van der Waals surface area contributed by atoms with Crippen molar-refractivity contribution in [2.75, 3.05) is 49.3 Å². The Hall–Kier alpha value is -3.19. The van der Waals surface area contributed by atoms with Crippen molar-refractivity contribution in [2.24, 2.45) is 0 Å². The van der Waals surface area contributed by atoms with Gasteiger partial charge in [0.2, 0.25) is 5.95 Å². The van der Waals surface area contributed by atoms with Gasteiger partial charge in [0.15, 0.2) is 0 Å². The standard InChI is InChI=1S/C25H31N7/c1-16-10-19(7-8-22(16)32-15-20-11-21(32)14-31(20)5)28-25-27-12-17(2)24(29-25)18-6-9-23(26-13-18)30(3)4/h6-10,12-13,20-21H,11,14-15H2,1-5H3,(H,27,28,29)/t20-,21-/m0/s1.